The molecule has 0 bridgehead atoms. The van der Waals surface area contributed by atoms with Gasteiger partial charge in [-0.1, -0.05) is 0 Å². The molecule has 0 aromatic carbocycles. The third-order valence-corrected chi connectivity index (χ3v) is 0.749. The van der Waals surface area contributed by atoms with E-state index in [9.17, 15) is 13.2 Å². The molecule has 0 aliphatic carbocycles. The Morgan fingerprint density at radius 3 is 2.22 bits per heavy atom. The Morgan fingerprint density at radius 2 is 1.89 bits per heavy atom. The molecule has 0 atom stereocenters. The van der Waals surface area contributed by atoms with E-state index >= 15 is 0 Å². The first-order valence-corrected chi connectivity index (χ1v) is 2.50. The second kappa shape index (κ2) is 3.71. The van der Waals surface area contributed by atoms with Gasteiger partial charge < -0.3 is 4.74 Å². The first-order valence-electron chi connectivity index (χ1n) is 2.50. The van der Waals surface area contributed by atoms with Crippen molar-refractivity contribution in [3.05, 3.63) is 7.11 Å². The van der Waals surface area contributed by atoms with Crippen molar-refractivity contribution in [2.45, 2.75) is 19.0 Å². The zero-order valence-corrected chi connectivity index (χ0v) is 4.87. The van der Waals surface area contributed by atoms with Crippen LogP contribution in [0.5, 0.6) is 0 Å². The van der Waals surface area contributed by atoms with Gasteiger partial charge in [0, 0.05) is 13.0 Å². The molecule has 9 heavy (non-hydrogen) atoms. The van der Waals surface area contributed by atoms with E-state index in [0.717, 1.165) is 0 Å². The minimum absolute atomic E-state index is 0.00694. The molecule has 1 nitrogen and oxygen atoms in total. The number of hydrogen-bond donors (Lipinski definition) is 0. The van der Waals surface area contributed by atoms with Crippen LogP contribution in [0.4, 0.5) is 13.2 Å². The lowest BCUT2D eigenvalue weighted by Gasteiger charge is -2.03. The molecule has 1 radical (unpaired) electrons. The Hall–Kier alpha value is -0.250. The Kier molecular flexibility index (Phi) is 3.61. The molecule has 4 heteroatoms. The zero-order chi connectivity index (χ0) is 7.33. The SMILES string of the molecule is [CH2]OCCCC(F)(F)F. The molecule has 0 aromatic heterocycles. The van der Waals surface area contributed by atoms with Crippen molar-refractivity contribution in [3.8, 4) is 0 Å². The smallest absolute Gasteiger partial charge is 0.379 e. The summed E-state index contributed by atoms with van der Waals surface area (Å²) in [4.78, 5) is 0. The number of alkyl halides is 3. The van der Waals surface area contributed by atoms with E-state index in [0.29, 0.717) is 0 Å². The van der Waals surface area contributed by atoms with E-state index < -0.39 is 12.6 Å². The summed E-state index contributed by atoms with van der Waals surface area (Å²) in [5, 5.41) is 0. The molecule has 0 rings (SSSR count). The number of rotatable bonds is 3. The van der Waals surface area contributed by atoms with Gasteiger partial charge in [-0.2, -0.15) is 13.2 Å². The highest BCUT2D eigenvalue weighted by molar-refractivity contribution is 4.48. The second-order valence-electron chi connectivity index (χ2n) is 1.63. The van der Waals surface area contributed by atoms with Gasteiger partial charge in [0.15, 0.2) is 0 Å². The summed E-state index contributed by atoms with van der Waals surface area (Å²) in [5.74, 6) is 0. The molecule has 0 unspecified atom stereocenters. The molecule has 0 aromatic rings. The molecule has 55 valence electrons. The van der Waals surface area contributed by atoms with Crippen molar-refractivity contribution in [2.75, 3.05) is 6.61 Å². The molecule has 0 N–H and O–H groups in total. The van der Waals surface area contributed by atoms with Crippen LogP contribution in [0.25, 0.3) is 0 Å². The normalized spacial score (nSPS) is 12.0. The molecule has 0 aliphatic heterocycles. The maximum atomic E-state index is 11.3. The van der Waals surface area contributed by atoms with Crippen molar-refractivity contribution in [1.29, 1.82) is 0 Å². The van der Waals surface area contributed by atoms with Gasteiger partial charge in [-0.25, -0.2) is 0 Å². The number of hydrogen-bond acceptors (Lipinski definition) is 1. The van der Waals surface area contributed by atoms with Crippen LogP contribution in [0.15, 0.2) is 0 Å². The van der Waals surface area contributed by atoms with Gasteiger partial charge in [-0.3, -0.25) is 0 Å². The van der Waals surface area contributed by atoms with Gasteiger partial charge in [-0.05, 0) is 6.42 Å². The van der Waals surface area contributed by atoms with E-state index in [-0.39, 0.29) is 13.0 Å². The fourth-order valence-corrected chi connectivity index (χ4v) is 0.375. The van der Waals surface area contributed by atoms with Crippen LogP contribution < -0.4 is 0 Å². The van der Waals surface area contributed by atoms with E-state index in [1.165, 1.54) is 0 Å². The highest BCUT2D eigenvalue weighted by Gasteiger charge is 2.25. The Labute approximate surface area is 51.8 Å². The molecular formula is C5H8F3O. The molecule has 0 aliphatic rings. The van der Waals surface area contributed by atoms with E-state index in [1.807, 2.05) is 0 Å². The van der Waals surface area contributed by atoms with Gasteiger partial charge in [0.2, 0.25) is 0 Å². The predicted octanol–water partition coefficient (Wildman–Crippen LogP) is 2.14. The molecule has 0 spiro atoms. The maximum Gasteiger partial charge on any atom is 0.389 e. The number of halogens is 3. The average molecular weight is 141 g/mol. The van der Waals surface area contributed by atoms with Crippen molar-refractivity contribution >= 4 is 0 Å². The van der Waals surface area contributed by atoms with Crippen molar-refractivity contribution < 1.29 is 17.9 Å². The molecular weight excluding hydrogens is 133 g/mol. The number of ether oxygens (including phenoxy) is 1. The minimum atomic E-state index is -4.06. The first-order chi connectivity index (χ1) is 4.06. The molecule has 0 saturated carbocycles. The highest BCUT2D eigenvalue weighted by Crippen LogP contribution is 2.20. The fraction of sp³-hybridized carbons (Fsp3) is 0.800. The molecule has 0 fully saturated rings. The van der Waals surface area contributed by atoms with Gasteiger partial charge in [0.05, 0.1) is 7.11 Å². The zero-order valence-electron chi connectivity index (χ0n) is 4.87. The lowest BCUT2D eigenvalue weighted by molar-refractivity contribution is -0.137. The third-order valence-electron chi connectivity index (χ3n) is 0.749. The van der Waals surface area contributed by atoms with E-state index in [4.69, 9.17) is 0 Å². The third kappa shape index (κ3) is 7.75. The molecule has 0 saturated heterocycles. The van der Waals surface area contributed by atoms with E-state index in [2.05, 4.69) is 11.8 Å². The van der Waals surface area contributed by atoms with Crippen molar-refractivity contribution in [3.63, 3.8) is 0 Å². The average Bonchev–Trinajstić information content (AvgIpc) is 1.63. The Balaban J connectivity index is 3.07. The summed E-state index contributed by atoms with van der Waals surface area (Å²) in [5.41, 5.74) is 0. The monoisotopic (exact) mass is 141 g/mol. The van der Waals surface area contributed by atoms with Gasteiger partial charge in [0.1, 0.15) is 0 Å². The lowest BCUT2D eigenvalue weighted by Crippen LogP contribution is -2.07. The standard InChI is InChI=1S/C5H8F3O/c1-9-4-2-3-5(6,7)8/h1-4H2. The van der Waals surface area contributed by atoms with Gasteiger partial charge in [0.25, 0.3) is 0 Å². The topological polar surface area (TPSA) is 9.23 Å². The molecule has 0 heterocycles. The van der Waals surface area contributed by atoms with Crippen LogP contribution >= 0.6 is 0 Å². The predicted molar refractivity (Wildman–Crippen MR) is 26.6 cm³/mol. The van der Waals surface area contributed by atoms with Crippen LogP contribution in [-0.2, 0) is 4.74 Å². The Morgan fingerprint density at radius 1 is 1.33 bits per heavy atom. The second-order valence-corrected chi connectivity index (χ2v) is 1.63. The quantitative estimate of drug-likeness (QED) is 0.547. The van der Waals surface area contributed by atoms with Crippen molar-refractivity contribution in [2.24, 2.45) is 0 Å². The van der Waals surface area contributed by atoms with Crippen molar-refractivity contribution in [1.82, 2.24) is 0 Å². The fourth-order valence-electron chi connectivity index (χ4n) is 0.375. The summed E-state index contributed by atoms with van der Waals surface area (Å²) in [6.45, 7) is 0.0690. The summed E-state index contributed by atoms with van der Waals surface area (Å²) >= 11 is 0. The first kappa shape index (κ1) is 8.75. The van der Waals surface area contributed by atoms with Gasteiger partial charge in [-0.15, -0.1) is 0 Å². The minimum Gasteiger partial charge on any atom is -0.379 e. The van der Waals surface area contributed by atoms with Crippen LogP contribution in [-0.4, -0.2) is 12.8 Å². The van der Waals surface area contributed by atoms with Crippen LogP contribution in [0.2, 0.25) is 0 Å². The van der Waals surface area contributed by atoms with E-state index in [1.54, 1.807) is 0 Å². The van der Waals surface area contributed by atoms with Crippen LogP contribution in [0.3, 0.4) is 0 Å². The summed E-state index contributed by atoms with van der Waals surface area (Å²) in [7, 11) is 2.94. The largest absolute Gasteiger partial charge is 0.389 e. The Bertz CT molecular complexity index is 69.1. The van der Waals surface area contributed by atoms with Gasteiger partial charge >= 0.3 is 6.18 Å². The highest BCUT2D eigenvalue weighted by atomic mass is 19.4. The summed E-state index contributed by atoms with van der Waals surface area (Å²) in [6.07, 6.45) is -4.85. The lowest BCUT2D eigenvalue weighted by atomic mass is 10.3. The maximum absolute atomic E-state index is 11.3. The molecule has 0 amide bonds. The van der Waals surface area contributed by atoms with Crippen LogP contribution in [0, 0.1) is 7.11 Å². The summed E-state index contributed by atoms with van der Waals surface area (Å²) < 4.78 is 38.1. The van der Waals surface area contributed by atoms with Crippen LogP contribution in [0.1, 0.15) is 12.8 Å². The summed E-state index contributed by atoms with van der Waals surface area (Å²) in [6, 6.07) is 0.